The number of hydrogen-bond donors (Lipinski definition) is 1. The molecule has 3 aromatic carbocycles. The topological polar surface area (TPSA) is 102 Å². The summed E-state index contributed by atoms with van der Waals surface area (Å²) in [5.41, 5.74) is 2.02. The number of hydrogen-bond acceptors (Lipinski definition) is 6. The van der Waals surface area contributed by atoms with Crippen molar-refractivity contribution >= 4 is 33.3 Å². The van der Waals surface area contributed by atoms with Gasteiger partial charge in [0.05, 0.1) is 23.3 Å². The number of nitrogens with zero attached hydrogens (tertiary/aromatic N) is 1. The zero-order chi connectivity index (χ0) is 24.9. The summed E-state index contributed by atoms with van der Waals surface area (Å²) < 4.78 is 37.6. The third-order valence-corrected chi connectivity index (χ3v) is 6.92. The predicted molar refractivity (Wildman–Crippen MR) is 130 cm³/mol. The Morgan fingerprint density at radius 1 is 0.971 bits per heavy atom. The van der Waals surface area contributed by atoms with Crippen LogP contribution in [0.5, 0.6) is 5.75 Å². The molecule has 178 valence electrons. The standard InChI is InChI=1S/C25H26N2O6S/c1-17-8-12-21(13-9-17)27(3)34(30,31)23-7-5-6-19(16-23)25(29)33-18(2)24(28)26-20-10-14-22(32-4)15-11-20/h5-16,18H,1-4H3,(H,26,28). The van der Waals surface area contributed by atoms with Crippen LogP contribution in [-0.4, -0.2) is 40.6 Å². The number of amides is 1. The molecule has 0 saturated carbocycles. The van der Waals surface area contributed by atoms with Gasteiger partial charge < -0.3 is 14.8 Å². The predicted octanol–water partition coefficient (Wildman–Crippen LogP) is 4.01. The van der Waals surface area contributed by atoms with E-state index in [1.54, 1.807) is 36.4 Å². The maximum absolute atomic E-state index is 13.1. The van der Waals surface area contributed by atoms with Crippen LogP contribution < -0.4 is 14.4 Å². The van der Waals surface area contributed by atoms with E-state index in [1.807, 2.05) is 19.1 Å². The van der Waals surface area contributed by atoms with Crippen LogP contribution in [0, 0.1) is 6.92 Å². The summed E-state index contributed by atoms with van der Waals surface area (Å²) >= 11 is 0. The molecule has 34 heavy (non-hydrogen) atoms. The number of benzene rings is 3. The van der Waals surface area contributed by atoms with Crippen molar-refractivity contribution in [2.75, 3.05) is 23.8 Å². The van der Waals surface area contributed by atoms with E-state index < -0.39 is 28.0 Å². The van der Waals surface area contributed by atoms with Crippen molar-refractivity contribution in [2.24, 2.45) is 0 Å². The van der Waals surface area contributed by atoms with Gasteiger partial charge in [0.15, 0.2) is 6.10 Å². The number of methoxy groups -OCH3 is 1. The first-order valence-corrected chi connectivity index (χ1v) is 11.9. The molecule has 1 atom stereocenters. The average molecular weight is 483 g/mol. The van der Waals surface area contributed by atoms with Crippen LogP contribution >= 0.6 is 0 Å². The van der Waals surface area contributed by atoms with E-state index in [0.29, 0.717) is 17.1 Å². The van der Waals surface area contributed by atoms with Crippen molar-refractivity contribution in [1.29, 1.82) is 0 Å². The van der Waals surface area contributed by atoms with E-state index in [4.69, 9.17) is 9.47 Å². The Morgan fingerprint density at radius 3 is 2.24 bits per heavy atom. The molecule has 0 spiro atoms. The smallest absolute Gasteiger partial charge is 0.338 e. The van der Waals surface area contributed by atoms with Crippen LogP contribution in [0.15, 0.2) is 77.7 Å². The average Bonchev–Trinajstić information content (AvgIpc) is 2.84. The van der Waals surface area contributed by atoms with Gasteiger partial charge in [0.2, 0.25) is 0 Å². The minimum atomic E-state index is -3.92. The maximum atomic E-state index is 13.1. The lowest BCUT2D eigenvalue weighted by Crippen LogP contribution is -2.30. The Bertz CT molecular complexity index is 1270. The lowest BCUT2D eigenvalue weighted by molar-refractivity contribution is -0.123. The number of carbonyl (C=O) groups excluding carboxylic acids is 2. The lowest BCUT2D eigenvalue weighted by atomic mass is 10.2. The molecule has 1 unspecified atom stereocenters. The highest BCUT2D eigenvalue weighted by atomic mass is 32.2. The van der Waals surface area contributed by atoms with E-state index in [1.165, 1.54) is 45.3 Å². The summed E-state index contributed by atoms with van der Waals surface area (Å²) in [6.07, 6.45) is -1.11. The highest BCUT2D eigenvalue weighted by Gasteiger charge is 2.24. The first-order chi connectivity index (χ1) is 16.1. The van der Waals surface area contributed by atoms with Crippen molar-refractivity contribution in [2.45, 2.75) is 24.8 Å². The molecule has 0 aliphatic rings. The van der Waals surface area contributed by atoms with Gasteiger partial charge in [0, 0.05) is 12.7 Å². The van der Waals surface area contributed by atoms with Crippen LogP contribution in [0.4, 0.5) is 11.4 Å². The van der Waals surface area contributed by atoms with Crippen molar-refractivity contribution in [3.8, 4) is 5.75 Å². The van der Waals surface area contributed by atoms with Crippen molar-refractivity contribution in [1.82, 2.24) is 0 Å². The summed E-state index contributed by atoms with van der Waals surface area (Å²) in [5.74, 6) is -0.700. The molecular formula is C25H26N2O6S. The van der Waals surface area contributed by atoms with Gasteiger partial charge in [0.25, 0.3) is 15.9 Å². The molecule has 3 aromatic rings. The number of sulfonamides is 1. The van der Waals surface area contributed by atoms with Crippen LogP contribution in [0.1, 0.15) is 22.8 Å². The van der Waals surface area contributed by atoms with E-state index in [0.717, 1.165) is 9.87 Å². The largest absolute Gasteiger partial charge is 0.497 e. The summed E-state index contributed by atoms with van der Waals surface area (Å²) in [6, 6.07) is 19.2. The second kappa shape index (κ2) is 10.4. The molecule has 1 amide bonds. The summed E-state index contributed by atoms with van der Waals surface area (Å²) in [4.78, 5) is 25.0. The van der Waals surface area contributed by atoms with E-state index in [2.05, 4.69) is 5.32 Å². The van der Waals surface area contributed by atoms with Gasteiger partial charge in [-0.3, -0.25) is 9.10 Å². The molecule has 0 bridgehead atoms. The normalized spacial score (nSPS) is 11.9. The fraction of sp³-hybridized carbons (Fsp3) is 0.200. The van der Waals surface area contributed by atoms with Gasteiger partial charge in [-0.25, -0.2) is 13.2 Å². The number of esters is 1. The Balaban J connectivity index is 1.70. The monoisotopic (exact) mass is 482 g/mol. The zero-order valence-corrected chi connectivity index (χ0v) is 20.1. The molecule has 0 fully saturated rings. The summed E-state index contributed by atoms with van der Waals surface area (Å²) in [6.45, 7) is 3.34. The Morgan fingerprint density at radius 2 is 1.62 bits per heavy atom. The van der Waals surface area contributed by atoms with Gasteiger partial charge in [-0.15, -0.1) is 0 Å². The summed E-state index contributed by atoms with van der Waals surface area (Å²) in [7, 11) is -0.938. The minimum absolute atomic E-state index is 0.0162. The maximum Gasteiger partial charge on any atom is 0.338 e. The quantitative estimate of drug-likeness (QED) is 0.487. The van der Waals surface area contributed by atoms with Crippen LogP contribution in [-0.2, 0) is 19.6 Å². The molecule has 0 aliphatic carbocycles. The van der Waals surface area contributed by atoms with Gasteiger partial charge >= 0.3 is 5.97 Å². The first-order valence-electron chi connectivity index (χ1n) is 10.4. The SMILES string of the molecule is COc1ccc(NC(=O)C(C)OC(=O)c2cccc(S(=O)(=O)N(C)c3ccc(C)cc3)c2)cc1. The zero-order valence-electron chi connectivity index (χ0n) is 19.3. The number of nitrogens with one attached hydrogen (secondary N) is 1. The second-order valence-corrected chi connectivity index (χ2v) is 9.57. The summed E-state index contributed by atoms with van der Waals surface area (Å²) in [5, 5.41) is 2.65. The Hall–Kier alpha value is -3.85. The number of anilines is 2. The Labute approximate surface area is 199 Å². The molecule has 0 heterocycles. The molecule has 8 nitrogen and oxygen atoms in total. The van der Waals surface area contributed by atoms with Crippen LogP contribution in [0.25, 0.3) is 0 Å². The molecule has 0 aliphatic heterocycles. The number of ether oxygens (including phenoxy) is 2. The molecule has 0 radical (unpaired) electrons. The highest BCUT2D eigenvalue weighted by molar-refractivity contribution is 7.92. The van der Waals surface area contributed by atoms with Crippen molar-refractivity contribution in [3.63, 3.8) is 0 Å². The van der Waals surface area contributed by atoms with Crippen molar-refractivity contribution < 1.29 is 27.5 Å². The highest BCUT2D eigenvalue weighted by Crippen LogP contribution is 2.23. The first kappa shape index (κ1) is 24.8. The molecule has 0 saturated heterocycles. The van der Waals surface area contributed by atoms with E-state index in [-0.39, 0.29) is 10.5 Å². The third-order valence-electron chi connectivity index (χ3n) is 5.14. The number of carbonyl (C=O) groups is 2. The molecular weight excluding hydrogens is 456 g/mol. The molecule has 3 rings (SSSR count). The molecule has 0 aromatic heterocycles. The fourth-order valence-corrected chi connectivity index (χ4v) is 4.28. The third kappa shape index (κ3) is 5.74. The number of rotatable bonds is 8. The minimum Gasteiger partial charge on any atom is -0.497 e. The van der Waals surface area contributed by atoms with Crippen LogP contribution in [0.2, 0.25) is 0 Å². The van der Waals surface area contributed by atoms with Gasteiger partial charge in [-0.1, -0.05) is 23.8 Å². The van der Waals surface area contributed by atoms with E-state index >= 15 is 0 Å². The van der Waals surface area contributed by atoms with Gasteiger partial charge in [-0.2, -0.15) is 0 Å². The number of aryl methyl sites for hydroxylation is 1. The molecule has 1 N–H and O–H groups in total. The van der Waals surface area contributed by atoms with Crippen LogP contribution in [0.3, 0.4) is 0 Å². The van der Waals surface area contributed by atoms with Crippen molar-refractivity contribution in [3.05, 3.63) is 83.9 Å². The molecule has 9 heteroatoms. The Kier molecular flexibility index (Phi) is 7.57. The van der Waals surface area contributed by atoms with E-state index in [9.17, 15) is 18.0 Å². The fourth-order valence-electron chi connectivity index (χ4n) is 3.04. The van der Waals surface area contributed by atoms with Gasteiger partial charge in [0.1, 0.15) is 5.75 Å². The van der Waals surface area contributed by atoms with Gasteiger partial charge in [-0.05, 0) is 68.4 Å². The lowest BCUT2D eigenvalue weighted by Gasteiger charge is -2.20. The second-order valence-electron chi connectivity index (χ2n) is 7.60.